The Morgan fingerprint density at radius 1 is 0.683 bits per heavy atom. The maximum atomic E-state index is 6.27. The summed E-state index contributed by atoms with van der Waals surface area (Å²) in [6.45, 7) is 1.66. The van der Waals surface area contributed by atoms with Crippen LogP contribution in [-0.4, -0.2) is 22.8 Å². The maximum Gasteiger partial charge on any atom is 0.121 e. The van der Waals surface area contributed by atoms with Crippen LogP contribution >= 0.6 is 0 Å². The molecule has 1 aliphatic rings. The molecule has 4 aromatic carbocycles. The standard InChI is InChI=1S/C38H40N2O/c1-6-16-31(17-7-1)18-8-5-15-27-41-29-32-25-26-36-37(28-32)40(30-39-36)38(33-19-9-2-10-20-33,34-21-11-3-12-22-34)35-23-13-4-14-24-35/h1-4,6-7,9-14,16-17,19-24,30,32H,5,8,15,18,25-29H2. The second-order valence-electron chi connectivity index (χ2n) is 11.3. The van der Waals surface area contributed by atoms with Crippen LogP contribution in [0.2, 0.25) is 0 Å². The molecule has 3 heteroatoms. The summed E-state index contributed by atoms with van der Waals surface area (Å²) in [6.07, 6.45) is 9.92. The molecule has 1 atom stereocenters. The van der Waals surface area contributed by atoms with E-state index in [-0.39, 0.29) is 0 Å². The van der Waals surface area contributed by atoms with Crippen molar-refractivity contribution >= 4 is 0 Å². The van der Waals surface area contributed by atoms with Gasteiger partial charge in [-0.05, 0) is 66.7 Å². The lowest BCUT2D eigenvalue weighted by atomic mass is 9.76. The molecule has 6 rings (SSSR count). The van der Waals surface area contributed by atoms with Gasteiger partial charge in [-0.25, -0.2) is 4.98 Å². The van der Waals surface area contributed by atoms with Gasteiger partial charge in [0.05, 0.1) is 12.0 Å². The first-order valence-electron chi connectivity index (χ1n) is 15.2. The topological polar surface area (TPSA) is 27.1 Å². The quantitative estimate of drug-likeness (QED) is 0.118. The Labute approximate surface area is 244 Å². The molecule has 41 heavy (non-hydrogen) atoms. The smallest absolute Gasteiger partial charge is 0.121 e. The van der Waals surface area contributed by atoms with Crippen molar-refractivity contribution in [1.29, 1.82) is 0 Å². The van der Waals surface area contributed by atoms with E-state index in [0.29, 0.717) is 5.92 Å². The largest absolute Gasteiger partial charge is 0.381 e. The molecule has 0 amide bonds. The van der Waals surface area contributed by atoms with E-state index in [1.54, 1.807) is 0 Å². The molecule has 208 valence electrons. The van der Waals surface area contributed by atoms with Gasteiger partial charge in [0.1, 0.15) is 5.54 Å². The van der Waals surface area contributed by atoms with Crippen molar-refractivity contribution in [3.8, 4) is 0 Å². The molecule has 1 aliphatic carbocycles. The second kappa shape index (κ2) is 13.1. The third-order valence-corrected chi connectivity index (χ3v) is 8.61. The number of unbranched alkanes of at least 4 members (excludes halogenated alkanes) is 2. The zero-order valence-electron chi connectivity index (χ0n) is 23.9. The average Bonchev–Trinajstić information content (AvgIpc) is 3.47. The lowest BCUT2D eigenvalue weighted by Crippen LogP contribution is -2.39. The zero-order chi connectivity index (χ0) is 27.7. The average molecular weight is 541 g/mol. The van der Waals surface area contributed by atoms with Crippen LogP contribution < -0.4 is 0 Å². The molecule has 0 aliphatic heterocycles. The fraction of sp³-hybridized carbons (Fsp3) is 0.289. The van der Waals surface area contributed by atoms with E-state index in [0.717, 1.165) is 45.3 Å². The van der Waals surface area contributed by atoms with Gasteiger partial charge in [-0.1, -0.05) is 128 Å². The Morgan fingerprint density at radius 2 is 1.24 bits per heavy atom. The Morgan fingerprint density at radius 3 is 1.83 bits per heavy atom. The van der Waals surface area contributed by atoms with Crippen molar-refractivity contribution in [2.75, 3.05) is 13.2 Å². The number of imidazole rings is 1. The van der Waals surface area contributed by atoms with E-state index >= 15 is 0 Å². The molecule has 0 radical (unpaired) electrons. The van der Waals surface area contributed by atoms with Crippen molar-refractivity contribution in [2.24, 2.45) is 5.92 Å². The number of rotatable bonds is 12. The van der Waals surface area contributed by atoms with Crippen LogP contribution in [0.25, 0.3) is 0 Å². The summed E-state index contributed by atoms with van der Waals surface area (Å²) in [5.41, 5.74) is 7.22. The Hall–Kier alpha value is -3.95. The number of benzene rings is 4. The number of ether oxygens (including phenoxy) is 1. The van der Waals surface area contributed by atoms with E-state index in [9.17, 15) is 0 Å². The summed E-state index contributed by atoms with van der Waals surface area (Å²) in [7, 11) is 0. The summed E-state index contributed by atoms with van der Waals surface area (Å²) in [6, 6.07) is 43.5. The third-order valence-electron chi connectivity index (χ3n) is 8.61. The zero-order valence-corrected chi connectivity index (χ0v) is 23.9. The van der Waals surface area contributed by atoms with Gasteiger partial charge < -0.3 is 9.30 Å². The minimum Gasteiger partial charge on any atom is -0.381 e. The molecule has 3 nitrogen and oxygen atoms in total. The first kappa shape index (κ1) is 27.2. The molecule has 0 spiro atoms. The normalized spacial score (nSPS) is 15.0. The summed E-state index contributed by atoms with van der Waals surface area (Å²) in [4.78, 5) is 5.01. The number of aryl methyl sites for hydroxylation is 2. The molecular formula is C38H40N2O. The van der Waals surface area contributed by atoms with Gasteiger partial charge in [-0.2, -0.15) is 0 Å². The first-order chi connectivity index (χ1) is 20.4. The predicted molar refractivity (Wildman–Crippen MR) is 167 cm³/mol. The lowest BCUT2D eigenvalue weighted by molar-refractivity contribution is 0.0901. The van der Waals surface area contributed by atoms with Gasteiger partial charge >= 0.3 is 0 Å². The van der Waals surface area contributed by atoms with Crippen molar-refractivity contribution in [3.05, 3.63) is 161 Å². The molecule has 0 saturated heterocycles. The number of aromatic nitrogens is 2. The fourth-order valence-electron chi connectivity index (χ4n) is 6.54. The summed E-state index contributed by atoms with van der Waals surface area (Å²) < 4.78 is 8.74. The van der Waals surface area contributed by atoms with Crippen molar-refractivity contribution in [2.45, 2.75) is 50.5 Å². The van der Waals surface area contributed by atoms with Crippen LogP contribution in [-0.2, 0) is 29.5 Å². The van der Waals surface area contributed by atoms with Crippen molar-refractivity contribution < 1.29 is 4.74 Å². The highest BCUT2D eigenvalue weighted by Crippen LogP contribution is 2.43. The Bertz CT molecular complexity index is 1380. The number of hydrogen-bond donors (Lipinski definition) is 0. The third kappa shape index (κ3) is 5.92. The number of hydrogen-bond acceptors (Lipinski definition) is 2. The van der Waals surface area contributed by atoms with Crippen molar-refractivity contribution in [3.63, 3.8) is 0 Å². The SMILES string of the molecule is c1ccc(CCCCCOCC2CCc3ncn(C(c4ccccc4)(c4ccccc4)c4ccccc4)c3C2)cc1. The number of nitrogens with zero attached hydrogens (tertiary/aromatic N) is 2. The lowest BCUT2D eigenvalue weighted by Gasteiger charge is -2.39. The summed E-state index contributed by atoms with van der Waals surface area (Å²) in [5.74, 6) is 0.502. The van der Waals surface area contributed by atoms with Gasteiger partial charge in [-0.15, -0.1) is 0 Å². The van der Waals surface area contributed by atoms with Crippen LogP contribution in [0, 0.1) is 5.92 Å². The number of fused-ring (bicyclic) bond motifs is 1. The van der Waals surface area contributed by atoms with Crippen LogP contribution in [0.4, 0.5) is 0 Å². The van der Waals surface area contributed by atoms with Crippen LogP contribution in [0.5, 0.6) is 0 Å². The van der Waals surface area contributed by atoms with E-state index in [2.05, 4.69) is 132 Å². The Kier molecular flexibility index (Phi) is 8.73. The predicted octanol–water partition coefficient (Wildman–Crippen LogP) is 8.26. The fourth-order valence-corrected chi connectivity index (χ4v) is 6.54. The Balaban J connectivity index is 1.21. The van der Waals surface area contributed by atoms with Crippen LogP contribution in [0.15, 0.2) is 128 Å². The molecule has 1 heterocycles. The summed E-state index contributed by atoms with van der Waals surface area (Å²) >= 11 is 0. The minimum atomic E-state index is -0.508. The second-order valence-corrected chi connectivity index (χ2v) is 11.3. The highest BCUT2D eigenvalue weighted by atomic mass is 16.5. The minimum absolute atomic E-state index is 0.502. The van der Waals surface area contributed by atoms with E-state index in [1.165, 1.54) is 46.5 Å². The molecule has 0 N–H and O–H groups in total. The van der Waals surface area contributed by atoms with Gasteiger partial charge in [-0.3, -0.25) is 0 Å². The van der Waals surface area contributed by atoms with E-state index < -0.39 is 5.54 Å². The van der Waals surface area contributed by atoms with Crippen LogP contribution in [0.1, 0.15) is 59.3 Å². The molecule has 1 unspecified atom stereocenters. The molecule has 5 aromatic rings. The van der Waals surface area contributed by atoms with Crippen molar-refractivity contribution in [1.82, 2.24) is 9.55 Å². The van der Waals surface area contributed by atoms with E-state index in [4.69, 9.17) is 9.72 Å². The molecule has 0 saturated carbocycles. The van der Waals surface area contributed by atoms with Gasteiger partial charge in [0, 0.05) is 18.9 Å². The first-order valence-corrected chi connectivity index (χ1v) is 15.2. The molecule has 0 bridgehead atoms. The monoisotopic (exact) mass is 540 g/mol. The van der Waals surface area contributed by atoms with E-state index in [1.807, 2.05) is 0 Å². The van der Waals surface area contributed by atoms with Gasteiger partial charge in [0.25, 0.3) is 0 Å². The van der Waals surface area contributed by atoms with Gasteiger partial charge in [0.15, 0.2) is 0 Å². The molecular weight excluding hydrogens is 500 g/mol. The van der Waals surface area contributed by atoms with Crippen LogP contribution in [0.3, 0.4) is 0 Å². The maximum absolute atomic E-state index is 6.27. The van der Waals surface area contributed by atoms with Gasteiger partial charge in [0.2, 0.25) is 0 Å². The molecule has 0 fully saturated rings. The molecule has 1 aromatic heterocycles. The highest BCUT2D eigenvalue weighted by Gasteiger charge is 2.41. The summed E-state index contributed by atoms with van der Waals surface area (Å²) in [5, 5.41) is 0. The highest BCUT2D eigenvalue weighted by molar-refractivity contribution is 5.51.